The SMILES string of the molecule is CS(=O)(=O)c1ccc(-c2cccc3nc(Nc4ccc(N5CCN(C(=O)CCCCCCNc6cccc7c6C(=O)N(C6CCC(=O)NC6=O)C7=O)CC5)cc4)nn23)cc1. The summed E-state index contributed by atoms with van der Waals surface area (Å²) in [5.74, 6) is -1.53. The number of fused-ring (bicyclic) bond motifs is 2. The van der Waals surface area contributed by atoms with E-state index in [1.54, 1.807) is 47.0 Å². The number of anilines is 4. The second-order valence-electron chi connectivity index (χ2n) is 15.2. The molecule has 5 amide bonds. The molecule has 3 aliphatic heterocycles. The molecule has 17 heteroatoms. The molecule has 0 spiro atoms. The molecule has 5 aromatic rings. The zero-order valence-corrected chi connectivity index (χ0v) is 33.9. The van der Waals surface area contributed by atoms with E-state index in [2.05, 4.69) is 30.9 Å². The standard InChI is InChI=1S/C43H45N9O7S/c1-60(58,59)31-19-13-28(14-20-31)34-10-7-11-36-46-43(48-52(34)36)45-29-15-17-30(18-16-29)49-24-26-50(27-25-49)38(54)12-4-2-3-5-23-44-33-9-6-8-32-39(33)42(57)51(41(32)56)35-21-22-37(53)47-40(35)55/h6-11,13-20,35,44H,2-5,12,21-27H2,1H3,(H,45,48)(H,47,53,55). The Hall–Kier alpha value is -6.62. The van der Waals surface area contributed by atoms with E-state index in [4.69, 9.17) is 0 Å². The van der Waals surface area contributed by atoms with Gasteiger partial charge in [-0.1, -0.05) is 37.1 Å². The van der Waals surface area contributed by atoms with Crippen LogP contribution in [0.1, 0.15) is 65.7 Å². The third-order valence-corrected chi connectivity index (χ3v) is 12.3. The van der Waals surface area contributed by atoms with Crippen LogP contribution in [-0.4, -0.2) is 107 Å². The first-order valence-corrected chi connectivity index (χ1v) is 22.0. The Balaban J connectivity index is 0.752. The molecular weight excluding hydrogens is 787 g/mol. The molecule has 60 heavy (non-hydrogen) atoms. The van der Waals surface area contributed by atoms with Crippen molar-refractivity contribution in [3.8, 4) is 11.3 Å². The molecule has 3 N–H and O–H groups in total. The number of nitrogens with zero attached hydrogens (tertiary/aromatic N) is 6. The third-order valence-electron chi connectivity index (χ3n) is 11.2. The maximum absolute atomic E-state index is 13.3. The summed E-state index contributed by atoms with van der Waals surface area (Å²) in [5, 5.41) is 13.4. The lowest BCUT2D eigenvalue weighted by molar-refractivity contribution is -0.136. The van der Waals surface area contributed by atoms with Crippen molar-refractivity contribution < 1.29 is 32.4 Å². The highest BCUT2D eigenvalue weighted by molar-refractivity contribution is 7.90. The van der Waals surface area contributed by atoms with Crippen molar-refractivity contribution in [2.24, 2.45) is 0 Å². The molecule has 0 radical (unpaired) electrons. The minimum atomic E-state index is -3.30. The minimum Gasteiger partial charge on any atom is -0.384 e. The molecule has 8 rings (SSSR count). The monoisotopic (exact) mass is 831 g/mol. The van der Waals surface area contributed by atoms with Crippen molar-refractivity contribution in [3.63, 3.8) is 0 Å². The first-order valence-electron chi connectivity index (χ1n) is 20.1. The van der Waals surface area contributed by atoms with Crippen molar-refractivity contribution >= 4 is 68.0 Å². The van der Waals surface area contributed by atoms with Gasteiger partial charge in [-0.15, -0.1) is 5.10 Å². The number of carbonyl (C=O) groups excluding carboxylic acids is 5. The molecule has 310 valence electrons. The molecular formula is C43H45N9O7S. The van der Waals surface area contributed by atoms with Crippen molar-refractivity contribution in [3.05, 3.63) is 96.1 Å². The summed E-state index contributed by atoms with van der Waals surface area (Å²) in [5.41, 5.74) is 5.16. The number of sulfone groups is 1. The van der Waals surface area contributed by atoms with E-state index in [1.165, 1.54) is 6.26 Å². The Morgan fingerprint density at radius 2 is 1.57 bits per heavy atom. The number of benzene rings is 3. The Labute approximate surface area is 346 Å². The highest BCUT2D eigenvalue weighted by Crippen LogP contribution is 2.33. The topological polar surface area (TPSA) is 195 Å². The summed E-state index contributed by atoms with van der Waals surface area (Å²) in [6, 6.07) is 24.4. The van der Waals surface area contributed by atoms with Gasteiger partial charge in [0.15, 0.2) is 15.5 Å². The molecule has 2 aromatic heterocycles. The summed E-state index contributed by atoms with van der Waals surface area (Å²) >= 11 is 0. The minimum absolute atomic E-state index is 0.0680. The van der Waals surface area contributed by atoms with E-state index in [0.29, 0.717) is 43.3 Å². The van der Waals surface area contributed by atoms with E-state index >= 15 is 0 Å². The van der Waals surface area contributed by atoms with Gasteiger partial charge in [-0.3, -0.25) is 34.2 Å². The second-order valence-corrected chi connectivity index (χ2v) is 17.2. The number of nitrogens with one attached hydrogen (secondary N) is 3. The molecule has 3 aromatic carbocycles. The fraction of sp³-hybridized carbons (Fsp3) is 0.326. The summed E-state index contributed by atoms with van der Waals surface area (Å²) < 4.78 is 25.5. The fourth-order valence-electron chi connectivity index (χ4n) is 7.95. The molecule has 0 aliphatic carbocycles. The predicted octanol–water partition coefficient (Wildman–Crippen LogP) is 4.66. The number of carbonyl (C=O) groups is 5. The first kappa shape index (κ1) is 40.2. The molecule has 0 bridgehead atoms. The maximum Gasteiger partial charge on any atom is 0.264 e. The molecule has 3 aliphatic rings. The maximum atomic E-state index is 13.3. The summed E-state index contributed by atoms with van der Waals surface area (Å²) in [6.45, 7) is 3.34. The number of unbranched alkanes of at least 4 members (excludes halogenated alkanes) is 3. The van der Waals surface area contributed by atoms with Gasteiger partial charge in [-0.2, -0.15) is 4.98 Å². The van der Waals surface area contributed by atoms with Crippen LogP contribution in [0.3, 0.4) is 0 Å². The molecule has 0 saturated carbocycles. The van der Waals surface area contributed by atoms with Gasteiger partial charge in [0.2, 0.25) is 23.7 Å². The predicted molar refractivity (Wildman–Crippen MR) is 225 cm³/mol. The number of piperazine rings is 1. The van der Waals surface area contributed by atoms with Crippen LogP contribution in [0.5, 0.6) is 0 Å². The van der Waals surface area contributed by atoms with Gasteiger partial charge in [0.05, 0.1) is 21.7 Å². The number of aromatic nitrogens is 3. The Morgan fingerprint density at radius 3 is 2.30 bits per heavy atom. The zero-order valence-electron chi connectivity index (χ0n) is 33.1. The first-order chi connectivity index (χ1) is 28.9. The average molecular weight is 832 g/mol. The van der Waals surface area contributed by atoms with Crippen LogP contribution in [0.25, 0.3) is 16.9 Å². The van der Waals surface area contributed by atoms with Crippen molar-refractivity contribution in [2.45, 2.75) is 55.9 Å². The van der Waals surface area contributed by atoms with Crippen molar-refractivity contribution in [1.82, 2.24) is 29.7 Å². The molecule has 1 unspecified atom stereocenters. The van der Waals surface area contributed by atoms with Gasteiger partial charge in [-0.05, 0) is 79.9 Å². The summed E-state index contributed by atoms with van der Waals surface area (Å²) in [7, 11) is -3.30. The summed E-state index contributed by atoms with van der Waals surface area (Å²) in [6.07, 6.45) is 5.21. The number of imide groups is 2. The van der Waals surface area contributed by atoms with Gasteiger partial charge in [0.25, 0.3) is 11.8 Å². The summed E-state index contributed by atoms with van der Waals surface area (Å²) in [4.78, 5) is 73.5. The Bertz CT molecular complexity index is 2590. The smallest absolute Gasteiger partial charge is 0.264 e. The zero-order chi connectivity index (χ0) is 42.0. The van der Waals surface area contributed by atoms with Crippen molar-refractivity contribution in [2.75, 3.05) is 54.5 Å². The van der Waals surface area contributed by atoms with Crippen LogP contribution in [0.4, 0.5) is 23.0 Å². The van der Waals surface area contributed by atoms with Crippen LogP contribution in [0, 0.1) is 0 Å². The van der Waals surface area contributed by atoms with Gasteiger partial charge in [-0.25, -0.2) is 12.9 Å². The highest BCUT2D eigenvalue weighted by atomic mass is 32.2. The molecule has 16 nitrogen and oxygen atoms in total. The van der Waals surface area contributed by atoms with Crippen LogP contribution < -0.4 is 20.9 Å². The third kappa shape index (κ3) is 8.43. The number of rotatable bonds is 14. The van der Waals surface area contributed by atoms with E-state index in [1.807, 2.05) is 47.4 Å². The van der Waals surface area contributed by atoms with Gasteiger partial charge in [0.1, 0.15) is 6.04 Å². The van der Waals surface area contributed by atoms with E-state index < -0.39 is 39.5 Å². The van der Waals surface area contributed by atoms with Crippen LogP contribution in [0.15, 0.2) is 89.8 Å². The molecule has 2 fully saturated rings. The van der Waals surface area contributed by atoms with Gasteiger partial charge < -0.3 is 20.4 Å². The number of amides is 5. The normalized spacial score (nSPS) is 16.9. The van der Waals surface area contributed by atoms with E-state index in [9.17, 15) is 32.4 Å². The van der Waals surface area contributed by atoms with Gasteiger partial charge in [0, 0.05) is 74.4 Å². The second kappa shape index (κ2) is 16.9. The highest BCUT2D eigenvalue weighted by Gasteiger charge is 2.45. The number of pyridine rings is 1. The van der Waals surface area contributed by atoms with Crippen LogP contribution in [0.2, 0.25) is 0 Å². The van der Waals surface area contributed by atoms with Crippen LogP contribution in [-0.2, 0) is 24.2 Å². The Morgan fingerprint density at radius 1 is 0.833 bits per heavy atom. The average Bonchev–Trinajstić information content (AvgIpc) is 3.77. The number of hydrogen-bond donors (Lipinski definition) is 3. The largest absolute Gasteiger partial charge is 0.384 e. The van der Waals surface area contributed by atoms with Gasteiger partial charge >= 0.3 is 0 Å². The number of piperidine rings is 1. The van der Waals surface area contributed by atoms with E-state index in [-0.39, 0.29) is 34.8 Å². The van der Waals surface area contributed by atoms with Crippen LogP contribution >= 0.6 is 0 Å². The number of hydrogen-bond acceptors (Lipinski definition) is 12. The lowest BCUT2D eigenvalue weighted by Crippen LogP contribution is -2.54. The fourth-order valence-corrected chi connectivity index (χ4v) is 8.58. The molecule has 2 saturated heterocycles. The lowest BCUT2D eigenvalue weighted by atomic mass is 10.0. The van der Waals surface area contributed by atoms with E-state index in [0.717, 1.165) is 66.3 Å². The molecule has 5 heterocycles. The lowest BCUT2D eigenvalue weighted by Gasteiger charge is -2.36. The molecule has 1 atom stereocenters. The Kier molecular flexibility index (Phi) is 11.3. The van der Waals surface area contributed by atoms with Crippen molar-refractivity contribution in [1.29, 1.82) is 0 Å². The quantitative estimate of drug-likeness (QED) is 0.104.